The van der Waals surface area contributed by atoms with Gasteiger partial charge in [-0.3, -0.25) is 4.90 Å². The molecule has 2 heteroatoms. The monoisotopic (exact) mass is 246 g/mol. The first-order valence-electron chi connectivity index (χ1n) is 7.12. The Bertz CT molecular complexity index is 369. The van der Waals surface area contributed by atoms with Crippen molar-refractivity contribution in [2.45, 2.75) is 39.8 Å². The number of hydrogen-bond acceptors (Lipinski definition) is 2. The maximum absolute atomic E-state index is 3.62. The summed E-state index contributed by atoms with van der Waals surface area (Å²) in [6.45, 7) is 12.5. The summed E-state index contributed by atoms with van der Waals surface area (Å²) < 4.78 is 0. The van der Waals surface area contributed by atoms with E-state index in [-0.39, 0.29) is 0 Å². The lowest BCUT2D eigenvalue weighted by Crippen LogP contribution is -2.53. The molecular weight excluding hydrogens is 220 g/mol. The van der Waals surface area contributed by atoms with Gasteiger partial charge in [-0.15, -0.1) is 0 Å². The van der Waals surface area contributed by atoms with Crippen molar-refractivity contribution >= 4 is 0 Å². The summed E-state index contributed by atoms with van der Waals surface area (Å²) in [6, 6.07) is 10.1. The average Bonchev–Trinajstić information content (AvgIpc) is 2.39. The first-order chi connectivity index (χ1) is 8.58. The molecule has 2 unspecified atom stereocenters. The molecule has 1 saturated heterocycles. The van der Waals surface area contributed by atoms with Crippen molar-refractivity contribution in [1.29, 1.82) is 0 Å². The van der Waals surface area contributed by atoms with Crippen molar-refractivity contribution in [3.63, 3.8) is 0 Å². The molecule has 0 aromatic heterocycles. The summed E-state index contributed by atoms with van der Waals surface area (Å²) in [4.78, 5) is 2.60. The third-order valence-corrected chi connectivity index (χ3v) is 4.15. The van der Waals surface area contributed by atoms with Gasteiger partial charge in [0.15, 0.2) is 0 Å². The molecule has 1 fully saturated rings. The van der Waals surface area contributed by atoms with Gasteiger partial charge in [-0.1, -0.05) is 43.7 Å². The third kappa shape index (κ3) is 3.12. The van der Waals surface area contributed by atoms with Gasteiger partial charge in [-0.2, -0.15) is 0 Å². The van der Waals surface area contributed by atoms with Gasteiger partial charge < -0.3 is 5.32 Å². The van der Waals surface area contributed by atoms with Gasteiger partial charge in [-0.05, 0) is 25.3 Å². The van der Waals surface area contributed by atoms with Crippen LogP contribution in [-0.4, -0.2) is 30.6 Å². The molecule has 0 spiro atoms. The molecule has 1 heterocycles. The van der Waals surface area contributed by atoms with Crippen LogP contribution >= 0.6 is 0 Å². The van der Waals surface area contributed by atoms with E-state index >= 15 is 0 Å². The molecule has 1 aromatic carbocycles. The highest BCUT2D eigenvalue weighted by atomic mass is 15.2. The Balaban J connectivity index is 2.04. The Morgan fingerprint density at radius 2 is 1.83 bits per heavy atom. The lowest BCUT2D eigenvalue weighted by Gasteiger charge is -2.39. The largest absolute Gasteiger partial charge is 0.311 e. The fourth-order valence-electron chi connectivity index (χ4n) is 2.66. The molecule has 0 aliphatic carbocycles. The van der Waals surface area contributed by atoms with Crippen LogP contribution < -0.4 is 5.32 Å². The number of aryl methyl sites for hydroxylation is 1. The highest BCUT2D eigenvalue weighted by Gasteiger charge is 2.25. The molecule has 2 nitrogen and oxygen atoms in total. The molecule has 1 aliphatic rings. The molecular formula is C16H26N2. The first-order valence-corrected chi connectivity index (χ1v) is 7.12. The normalized spacial score (nSPS) is 23.3. The Kier molecular flexibility index (Phi) is 4.41. The SMILES string of the molecule is Cc1ccc(C(C)N2CCNC(C(C)C)C2)cc1. The lowest BCUT2D eigenvalue weighted by molar-refractivity contribution is 0.135. The summed E-state index contributed by atoms with van der Waals surface area (Å²) >= 11 is 0. The van der Waals surface area contributed by atoms with Gasteiger partial charge in [-0.25, -0.2) is 0 Å². The Hall–Kier alpha value is -0.860. The van der Waals surface area contributed by atoms with Crippen LogP contribution in [0.4, 0.5) is 0 Å². The van der Waals surface area contributed by atoms with E-state index in [1.165, 1.54) is 11.1 Å². The van der Waals surface area contributed by atoms with E-state index in [4.69, 9.17) is 0 Å². The van der Waals surface area contributed by atoms with Crippen molar-refractivity contribution in [3.05, 3.63) is 35.4 Å². The summed E-state index contributed by atoms with van der Waals surface area (Å²) in [5.74, 6) is 0.706. The summed E-state index contributed by atoms with van der Waals surface area (Å²) in [7, 11) is 0. The number of nitrogens with one attached hydrogen (secondary N) is 1. The number of hydrogen-bond donors (Lipinski definition) is 1. The molecule has 0 radical (unpaired) electrons. The second-order valence-corrected chi connectivity index (χ2v) is 5.89. The minimum absolute atomic E-state index is 0.522. The second kappa shape index (κ2) is 5.85. The predicted molar refractivity (Wildman–Crippen MR) is 77.8 cm³/mol. The predicted octanol–water partition coefficient (Wildman–Crippen LogP) is 2.99. The molecule has 2 atom stereocenters. The van der Waals surface area contributed by atoms with Crippen LogP contribution in [0.1, 0.15) is 37.9 Å². The Morgan fingerprint density at radius 1 is 1.17 bits per heavy atom. The molecule has 0 bridgehead atoms. The van der Waals surface area contributed by atoms with Crippen LogP contribution in [0.15, 0.2) is 24.3 Å². The van der Waals surface area contributed by atoms with Gasteiger partial charge >= 0.3 is 0 Å². The van der Waals surface area contributed by atoms with E-state index in [0.29, 0.717) is 18.0 Å². The number of rotatable bonds is 3. The first kappa shape index (κ1) is 13.6. The topological polar surface area (TPSA) is 15.3 Å². The van der Waals surface area contributed by atoms with Gasteiger partial charge in [0.05, 0.1) is 0 Å². The summed E-state index contributed by atoms with van der Waals surface area (Å²) in [5, 5.41) is 3.62. The molecule has 18 heavy (non-hydrogen) atoms. The van der Waals surface area contributed by atoms with Crippen molar-refractivity contribution in [2.24, 2.45) is 5.92 Å². The van der Waals surface area contributed by atoms with Crippen LogP contribution in [0.2, 0.25) is 0 Å². The zero-order valence-corrected chi connectivity index (χ0v) is 12.1. The zero-order valence-electron chi connectivity index (χ0n) is 12.1. The smallest absolute Gasteiger partial charge is 0.0321 e. The van der Waals surface area contributed by atoms with Gasteiger partial charge in [0.1, 0.15) is 0 Å². The van der Waals surface area contributed by atoms with Crippen LogP contribution in [-0.2, 0) is 0 Å². The van der Waals surface area contributed by atoms with E-state index in [0.717, 1.165) is 19.6 Å². The van der Waals surface area contributed by atoms with Crippen LogP contribution in [0, 0.1) is 12.8 Å². The molecule has 1 aliphatic heterocycles. The quantitative estimate of drug-likeness (QED) is 0.882. The highest BCUT2D eigenvalue weighted by Crippen LogP contribution is 2.23. The molecule has 2 rings (SSSR count). The minimum Gasteiger partial charge on any atom is -0.311 e. The fourth-order valence-corrected chi connectivity index (χ4v) is 2.66. The molecule has 0 amide bonds. The number of benzene rings is 1. The van der Waals surface area contributed by atoms with Crippen LogP contribution in [0.25, 0.3) is 0 Å². The fraction of sp³-hybridized carbons (Fsp3) is 0.625. The van der Waals surface area contributed by atoms with E-state index < -0.39 is 0 Å². The lowest BCUT2D eigenvalue weighted by atomic mass is 9.99. The number of piperazine rings is 1. The standard InChI is InChI=1S/C16H26N2/c1-12(2)16-11-18(10-9-17-16)14(4)15-7-5-13(3)6-8-15/h5-8,12,14,16-17H,9-11H2,1-4H3. The zero-order chi connectivity index (χ0) is 13.1. The van der Waals surface area contributed by atoms with Crippen molar-refractivity contribution < 1.29 is 0 Å². The van der Waals surface area contributed by atoms with Crippen LogP contribution in [0.5, 0.6) is 0 Å². The average molecular weight is 246 g/mol. The second-order valence-electron chi connectivity index (χ2n) is 5.89. The third-order valence-electron chi connectivity index (χ3n) is 4.15. The highest BCUT2D eigenvalue weighted by molar-refractivity contribution is 5.23. The number of nitrogens with zero attached hydrogens (tertiary/aromatic N) is 1. The van der Waals surface area contributed by atoms with Gasteiger partial charge in [0, 0.05) is 31.7 Å². The van der Waals surface area contributed by atoms with Crippen molar-refractivity contribution in [2.75, 3.05) is 19.6 Å². The molecule has 0 saturated carbocycles. The summed E-state index contributed by atoms with van der Waals surface area (Å²) in [5.41, 5.74) is 2.77. The molecule has 1 N–H and O–H groups in total. The van der Waals surface area contributed by atoms with E-state index in [9.17, 15) is 0 Å². The van der Waals surface area contributed by atoms with Gasteiger partial charge in [0.2, 0.25) is 0 Å². The molecule has 100 valence electrons. The Labute approximate surface area is 111 Å². The minimum atomic E-state index is 0.522. The van der Waals surface area contributed by atoms with Crippen molar-refractivity contribution in [1.82, 2.24) is 10.2 Å². The van der Waals surface area contributed by atoms with Gasteiger partial charge in [0.25, 0.3) is 0 Å². The van der Waals surface area contributed by atoms with Crippen LogP contribution in [0.3, 0.4) is 0 Å². The van der Waals surface area contributed by atoms with E-state index in [2.05, 4.69) is 62.2 Å². The van der Waals surface area contributed by atoms with Crippen molar-refractivity contribution in [3.8, 4) is 0 Å². The Morgan fingerprint density at radius 3 is 2.44 bits per heavy atom. The van der Waals surface area contributed by atoms with E-state index in [1.54, 1.807) is 0 Å². The summed E-state index contributed by atoms with van der Waals surface area (Å²) in [6.07, 6.45) is 0. The maximum atomic E-state index is 3.62. The van der Waals surface area contributed by atoms with E-state index in [1.807, 2.05) is 0 Å². The maximum Gasteiger partial charge on any atom is 0.0321 e. The molecule has 1 aromatic rings.